The van der Waals surface area contributed by atoms with Crippen LogP contribution in [0.5, 0.6) is 11.5 Å². The molecular weight excluding hydrogens is 422 g/mol. The lowest BCUT2D eigenvalue weighted by Crippen LogP contribution is -2.22. The standard InChI is InChI=1S/C24H25N5O2S/c1-15-14-26-21(32-15)13-19(30)16-6-5-9-18(12-16)31-20-10-11-25-23-22(20)24(29-28-23)27-17-7-3-2-4-8-17/h5-6,9-12,14,17H,2-4,7-8,13H2,1H3,(H2,25,27,28,29). The number of thiazole rings is 1. The van der Waals surface area contributed by atoms with Gasteiger partial charge in [0, 0.05) is 34.9 Å². The monoisotopic (exact) mass is 447 g/mol. The number of ether oxygens (including phenoxy) is 1. The van der Waals surface area contributed by atoms with Crippen LogP contribution in [0.25, 0.3) is 11.0 Å². The Morgan fingerprint density at radius 3 is 2.91 bits per heavy atom. The fourth-order valence-electron chi connectivity index (χ4n) is 4.13. The summed E-state index contributed by atoms with van der Waals surface area (Å²) >= 11 is 1.55. The van der Waals surface area contributed by atoms with Crippen LogP contribution in [0.2, 0.25) is 0 Å². The van der Waals surface area contributed by atoms with Crippen molar-refractivity contribution in [3.8, 4) is 11.5 Å². The average molecular weight is 448 g/mol. The van der Waals surface area contributed by atoms with Gasteiger partial charge in [-0.1, -0.05) is 31.4 Å². The summed E-state index contributed by atoms with van der Waals surface area (Å²) in [6, 6.07) is 9.53. The summed E-state index contributed by atoms with van der Waals surface area (Å²) < 4.78 is 6.22. The molecule has 3 heterocycles. The van der Waals surface area contributed by atoms with Crippen molar-refractivity contribution in [1.82, 2.24) is 20.2 Å². The molecule has 0 spiro atoms. The van der Waals surface area contributed by atoms with Gasteiger partial charge in [0.2, 0.25) is 0 Å². The van der Waals surface area contributed by atoms with Gasteiger partial charge in [0.1, 0.15) is 21.9 Å². The lowest BCUT2D eigenvalue weighted by Gasteiger charge is -2.22. The highest BCUT2D eigenvalue weighted by Gasteiger charge is 2.19. The molecule has 0 bridgehead atoms. The van der Waals surface area contributed by atoms with Crippen LogP contribution in [0, 0.1) is 6.92 Å². The number of hydrogen-bond donors (Lipinski definition) is 2. The summed E-state index contributed by atoms with van der Waals surface area (Å²) in [5.41, 5.74) is 1.28. The number of aryl methyl sites for hydroxylation is 1. The lowest BCUT2D eigenvalue weighted by molar-refractivity contribution is 0.0992. The first-order chi connectivity index (χ1) is 15.7. The minimum Gasteiger partial charge on any atom is -0.456 e. The third kappa shape index (κ3) is 4.50. The molecule has 1 aliphatic rings. The summed E-state index contributed by atoms with van der Waals surface area (Å²) in [5.74, 6) is 2.04. The van der Waals surface area contributed by atoms with Gasteiger partial charge in [-0.2, -0.15) is 5.10 Å². The number of H-pyrrole nitrogens is 1. The van der Waals surface area contributed by atoms with Gasteiger partial charge in [0.15, 0.2) is 17.2 Å². The Hall–Kier alpha value is -3.26. The second kappa shape index (κ2) is 9.08. The summed E-state index contributed by atoms with van der Waals surface area (Å²) in [6.45, 7) is 1.99. The maximum atomic E-state index is 12.8. The molecule has 32 heavy (non-hydrogen) atoms. The number of anilines is 1. The molecule has 164 valence electrons. The van der Waals surface area contributed by atoms with Crippen LogP contribution < -0.4 is 10.1 Å². The molecule has 0 radical (unpaired) electrons. The minimum absolute atomic E-state index is 0.0210. The zero-order valence-corrected chi connectivity index (χ0v) is 18.7. The second-order valence-electron chi connectivity index (χ2n) is 8.18. The van der Waals surface area contributed by atoms with Gasteiger partial charge in [0.05, 0.1) is 6.42 Å². The molecule has 3 aromatic heterocycles. The van der Waals surface area contributed by atoms with E-state index in [0.29, 0.717) is 35.2 Å². The Kier molecular flexibility index (Phi) is 5.85. The third-order valence-electron chi connectivity index (χ3n) is 5.73. The number of rotatable bonds is 7. The predicted octanol–water partition coefficient (Wildman–Crippen LogP) is 5.69. The fraction of sp³-hybridized carbons (Fsp3) is 0.333. The van der Waals surface area contributed by atoms with E-state index in [4.69, 9.17) is 4.74 Å². The molecule has 1 fully saturated rings. The lowest BCUT2D eigenvalue weighted by atomic mass is 9.95. The number of hydrogen-bond acceptors (Lipinski definition) is 7. The first kappa shape index (κ1) is 20.6. The molecule has 1 aliphatic carbocycles. The number of carbonyl (C=O) groups is 1. The van der Waals surface area contributed by atoms with Crippen LogP contribution >= 0.6 is 11.3 Å². The zero-order valence-electron chi connectivity index (χ0n) is 17.9. The van der Waals surface area contributed by atoms with Crippen molar-refractivity contribution < 1.29 is 9.53 Å². The molecule has 0 amide bonds. The highest BCUT2D eigenvalue weighted by Crippen LogP contribution is 2.34. The van der Waals surface area contributed by atoms with Crippen molar-refractivity contribution in [2.24, 2.45) is 0 Å². The number of ketones is 1. The topological polar surface area (TPSA) is 92.8 Å². The van der Waals surface area contributed by atoms with Crippen molar-refractivity contribution >= 4 is 34.0 Å². The van der Waals surface area contributed by atoms with Crippen LogP contribution in [-0.4, -0.2) is 32.0 Å². The summed E-state index contributed by atoms with van der Waals surface area (Å²) in [6.07, 6.45) is 9.85. The van der Waals surface area contributed by atoms with Gasteiger partial charge < -0.3 is 10.1 Å². The Morgan fingerprint density at radius 2 is 2.09 bits per heavy atom. The number of nitrogens with one attached hydrogen (secondary N) is 2. The van der Waals surface area contributed by atoms with Crippen LogP contribution in [0.1, 0.15) is 52.3 Å². The number of benzene rings is 1. The highest BCUT2D eigenvalue weighted by molar-refractivity contribution is 7.11. The smallest absolute Gasteiger partial charge is 0.169 e. The molecule has 0 unspecified atom stereocenters. The SMILES string of the molecule is Cc1cnc(CC(=O)c2cccc(Oc3ccnc4[nH]nc(NC5CCCCC5)c34)c2)s1. The maximum Gasteiger partial charge on any atom is 0.169 e. The summed E-state index contributed by atoms with van der Waals surface area (Å²) in [5, 5.41) is 12.7. The number of aromatic amines is 1. The van der Waals surface area contributed by atoms with Crippen molar-refractivity contribution in [3.05, 3.63) is 58.2 Å². The Labute approximate surface area is 190 Å². The molecule has 1 saturated carbocycles. The molecule has 5 rings (SSSR count). The van der Waals surface area contributed by atoms with Gasteiger partial charge >= 0.3 is 0 Å². The number of pyridine rings is 1. The molecule has 0 saturated heterocycles. The van der Waals surface area contributed by atoms with E-state index in [2.05, 4.69) is 25.5 Å². The third-order valence-corrected chi connectivity index (χ3v) is 6.65. The van der Waals surface area contributed by atoms with E-state index < -0.39 is 0 Å². The van der Waals surface area contributed by atoms with Gasteiger partial charge in [-0.25, -0.2) is 9.97 Å². The molecular formula is C24H25N5O2S. The normalized spacial score (nSPS) is 14.5. The second-order valence-corrected chi connectivity index (χ2v) is 9.50. The predicted molar refractivity (Wildman–Crippen MR) is 126 cm³/mol. The molecule has 2 N–H and O–H groups in total. The van der Waals surface area contributed by atoms with Crippen LogP contribution in [0.15, 0.2) is 42.7 Å². The van der Waals surface area contributed by atoms with Crippen LogP contribution in [0.4, 0.5) is 5.82 Å². The van der Waals surface area contributed by atoms with Gasteiger partial charge in [-0.15, -0.1) is 11.3 Å². The minimum atomic E-state index is 0.0210. The maximum absolute atomic E-state index is 12.8. The van der Waals surface area contributed by atoms with Crippen molar-refractivity contribution in [1.29, 1.82) is 0 Å². The molecule has 0 aliphatic heterocycles. The van der Waals surface area contributed by atoms with E-state index in [1.54, 1.807) is 29.8 Å². The Morgan fingerprint density at radius 1 is 1.22 bits per heavy atom. The summed E-state index contributed by atoms with van der Waals surface area (Å²) in [4.78, 5) is 22.5. The van der Waals surface area contributed by atoms with Crippen LogP contribution in [0.3, 0.4) is 0 Å². The van der Waals surface area contributed by atoms with E-state index in [-0.39, 0.29) is 5.78 Å². The van der Waals surface area contributed by atoms with Gasteiger partial charge in [-0.3, -0.25) is 9.89 Å². The quantitative estimate of drug-likeness (QED) is 0.354. The molecule has 1 aromatic carbocycles. The van der Waals surface area contributed by atoms with Crippen molar-refractivity contribution in [3.63, 3.8) is 0 Å². The first-order valence-electron chi connectivity index (χ1n) is 11.0. The molecule has 7 nitrogen and oxygen atoms in total. The zero-order chi connectivity index (χ0) is 21.9. The molecule has 4 aromatic rings. The first-order valence-corrected chi connectivity index (χ1v) is 11.8. The Bertz CT molecular complexity index is 1240. The Balaban J connectivity index is 1.37. The van der Waals surface area contributed by atoms with Crippen molar-refractivity contribution in [2.45, 2.75) is 51.5 Å². The van der Waals surface area contributed by atoms with E-state index >= 15 is 0 Å². The average Bonchev–Trinajstić information content (AvgIpc) is 3.41. The van der Waals surface area contributed by atoms with Crippen LogP contribution in [-0.2, 0) is 6.42 Å². The molecule has 8 heteroatoms. The number of fused-ring (bicyclic) bond motifs is 1. The number of Topliss-reactive ketones (excluding diaryl/α,β-unsaturated/α-hetero) is 1. The number of nitrogens with zero attached hydrogens (tertiary/aromatic N) is 3. The number of carbonyl (C=O) groups excluding carboxylic acids is 1. The van der Waals surface area contributed by atoms with Gasteiger partial charge in [-0.05, 0) is 31.9 Å². The van der Waals surface area contributed by atoms with E-state index in [1.165, 1.54) is 19.3 Å². The fourth-order valence-corrected chi connectivity index (χ4v) is 4.92. The van der Waals surface area contributed by atoms with Gasteiger partial charge in [0.25, 0.3) is 0 Å². The number of aromatic nitrogens is 4. The van der Waals surface area contributed by atoms with E-state index in [0.717, 1.165) is 33.9 Å². The molecule has 0 atom stereocenters. The summed E-state index contributed by atoms with van der Waals surface area (Å²) in [7, 11) is 0. The van der Waals surface area contributed by atoms with Crippen molar-refractivity contribution in [2.75, 3.05) is 5.32 Å². The largest absolute Gasteiger partial charge is 0.456 e. The van der Waals surface area contributed by atoms with E-state index in [9.17, 15) is 4.79 Å². The highest BCUT2D eigenvalue weighted by atomic mass is 32.1. The van der Waals surface area contributed by atoms with E-state index in [1.807, 2.05) is 31.2 Å².